The summed E-state index contributed by atoms with van der Waals surface area (Å²) in [7, 11) is 0. The molecule has 8 bridgehead atoms. The normalized spacial score (nSPS) is 69.6. The molecule has 90 valence electrons. The van der Waals surface area contributed by atoms with Gasteiger partial charge in [-0.15, -0.1) is 6.42 Å². The van der Waals surface area contributed by atoms with E-state index in [9.17, 15) is 0 Å². The molecular weight excluding hydrogens is 204 g/mol. The zero-order chi connectivity index (χ0) is 11.4. The monoisotopic (exact) mass is 226 g/mol. The van der Waals surface area contributed by atoms with Gasteiger partial charge in [0, 0.05) is 5.41 Å². The SMILES string of the molecule is C#CC12CC3CC4C5CC(CC41)C(C)C2C5C3. The molecule has 9 unspecified atom stereocenters. The molecule has 0 heterocycles. The standard InChI is InChI=1S/C17H22/c1-3-17-8-10-4-13-12-6-11(7-15(13)17)9(2)16(17)14(12)5-10/h1,9-16H,4-8H2,2H3. The molecule has 9 atom stereocenters. The second-order valence-corrected chi connectivity index (χ2v) is 7.94. The Hall–Kier alpha value is -0.440. The summed E-state index contributed by atoms with van der Waals surface area (Å²) in [4.78, 5) is 0. The van der Waals surface area contributed by atoms with Gasteiger partial charge < -0.3 is 0 Å². The third-order valence-corrected chi connectivity index (χ3v) is 7.88. The molecule has 0 aromatic carbocycles. The maximum absolute atomic E-state index is 6.09. The van der Waals surface area contributed by atoms with Crippen LogP contribution in [0.3, 0.4) is 0 Å². The van der Waals surface area contributed by atoms with Crippen molar-refractivity contribution in [1.29, 1.82) is 0 Å². The van der Waals surface area contributed by atoms with Crippen LogP contribution >= 0.6 is 0 Å². The number of rotatable bonds is 0. The highest BCUT2D eigenvalue weighted by Crippen LogP contribution is 2.76. The quantitative estimate of drug-likeness (QED) is 0.554. The maximum atomic E-state index is 6.09. The largest absolute Gasteiger partial charge is 0.119 e. The van der Waals surface area contributed by atoms with Gasteiger partial charge in [-0.05, 0) is 79.4 Å². The Morgan fingerprint density at radius 2 is 1.88 bits per heavy atom. The van der Waals surface area contributed by atoms with Crippen LogP contribution in [0, 0.1) is 65.1 Å². The lowest BCUT2D eigenvalue weighted by molar-refractivity contribution is -0.254. The van der Waals surface area contributed by atoms with Crippen molar-refractivity contribution in [3.8, 4) is 12.3 Å². The van der Waals surface area contributed by atoms with Gasteiger partial charge >= 0.3 is 0 Å². The molecule has 7 aliphatic carbocycles. The third kappa shape index (κ3) is 0.807. The average Bonchev–Trinajstić information content (AvgIpc) is 2.36. The molecule has 0 spiro atoms. The van der Waals surface area contributed by atoms with Crippen LogP contribution in [0.2, 0.25) is 0 Å². The summed E-state index contributed by atoms with van der Waals surface area (Å²) < 4.78 is 0. The molecule has 17 heavy (non-hydrogen) atoms. The Bertz CT molecular complexity index is 430. The predicted molar refractivity (Wildman–Crippen MR) is 67.9 cm³/mol. The zero-order valence-corrected chi connectivity index (χ0v) is 10.7. The van der Waals surface area contributed by atoms with Crippen molar-refractivity contribution >= 4 is 0 Å². The van der Waals surface area contributed by atoms with E-state index in [0.717, 1.165) is 47.3 Å². The van der Waals surface area contributed by atoms with Gasteiger partial charge in [-0.2, -0.15) is 0 Å². The Balaban J connectivity index is 1.75. The van der Waals surface area contributed by atoms with Crippen molar-refractivity contribution in [3.05, 3.63) is 0 Å². The predicted octanol–water partition coefficient (Wildman–Crippen LogP) is 3.57. The highest BCUT2D eigenvalue weighted by atomic mass is 14.7. The number of hydrogen-bond donors (Lipinski definition) is 0. The molecule has 0 N–H and O–H groups in total. The minimum atomic E-state index is 0.364. The van der Waals surface area contributed by atoms with Crippen molar-refractivity contribution in [2.45, 2.75) is 39.0 Å². The molecule has 0 aromatic rings. The topological polar surface area (TPSA) is 0 Å². The summed E-state index contributed by atoms with van der Waals surface area (Å²) in [6.45, 7) is 2.53. The maximum Gasteiger partial charge on any atom is 0.0379 e. The Labute approximate surface area is 105 Å². The van der Waals surface area contributed by atoms with Gasteiger partial charge in [0.1, 0.15) is 0 Å². The van der Waals surface area contributed by atoms with E-state index in [2.05, 4.69) is 12.8 Å². The van der Waals surface area contributed by atoms with Crippen LogP contribution in [-0.4, -0.2) is 0 Å². The molecule has 0 nitrogen and oxygen atoms in total. The summed E-state index contributed by atoms with van der Waals surface area (Å²) in [5.74, 6) is 11.4. The molecule has 7 rings (SSSR count). The van der Waals surface area contributed by atoms with Crippen molar-refractivity contribution in [2.75, 3.05) is 0 Å². The number of hydrogen-bond acceptors (Lipinski definition) is 0. The van der Waals surface area contributed by atoms with Gasteiger partial charge in [-0.1, -0.05) is 12.8 Å². The molecule has 0 aliphatic heterocycles. The molecule has 7 fully saturated rings. The van der Waals surface area contributed by atoms with E-state index in [-0.39, 0.29) is 0 Å². The Morgan fingerprint density at radius 1 is 1.06 bits per heavy atom. The molecule has 7 aliphatic rings. The summed E-state index contributed by atoms with van der Waals surface area (Å²) >= 11 is 0. The average molecular weight is 226 g/mol. The van der Waals surface area contributed by atoms with E-state index in [0.29, 0.717) is 5.41 Å². The van der Waals surface area contributed by atoms with Crippen LogP contribution in [0.25, 0.3) is 0 Å². The zero-order valence-electron chi connectivity index (χ0n) is 10.7. The van der Waals surface area contributed by atoms with Crippen molar-refractivity contribution in [2.24, 2.45) is 52.8 Å². The van der Waals surface area contributed by atoms with Crippen molar-refractivity contribution in [1.82, 2.24) is 0 Å². The third-order valence-electron chi connectivity index (χ3n) is 7.88. The fraction of sp³-hybridized carbons (Fsp3) is 0.882. The van der Waals surface area contributed by atoms with Gasteiger partial charge in [0.25, 0.3) is 0 Å². The van der Waals surface area contributed by atoms with Crippen LogP contribution in [0.4, 0.5) is 0 Å². The molecule has 0 radical (unpaired) electrons. The lowest BCUT2D eigenvalue weighted by Gasteiger charge is -2.75. The Morgan fingerprint density at radius 3 is 2.71 bits per heavy atom. The second-order valence-electron chi connectivity index (χ2n) is 7.94. The molecular formula is C17H22. The van der Waals surface area contributed by atoms with Crippen LogP contribution in [0.1, 0.15) is 39.0 Å². The molecule has 0 saturated heterocycles. The Kier molecular flexibility index (Phi) is 1.46. The van der Waals surface area contributed by atoms with Gasteiger partial charge in [0.2, 0.25) is 0 Å². The van der Waals surface area contributed by atoms with Gasteiger partial charge in [-0.3, -0.25) is 0 Å². The first-order valence-corrected chi connectivity index (χ1v) is 7.72. The fourth-order valence-corrected chi connectivity index (χ4v) is 7.70. The van der Waals surface area contributed by atoms with E-state index in [1.54, 1.807) is 19.3 Å². The van der Waals surface area contributed by atoms with E-state index >= 15 is 0 Å². The lowest BCUT2D eigenvalue weighted by atomic mass is 9.29. The molecule has 0 aromatic heterocycles. The lowest BCUT2D eigenvalue weighted by Crippen LogP contribution is -2.69. The molecule has 7 saturated carbocycles. The van der Waals surface area contributed by atoms with E-state index in [1.807, 2.05) is 0 Å². The summed E-state index contributed by atoms with van der Waals surface area (Å²) in [5.41, 5.74) is 0.364. The van der Waals surface area contributed by atoms with Gasteiger partial charge in [0.15, 0.2) is 0 Å². The molecule has 0 heteroatoms. The van der Waals surface area contributed by atoms with Crippen LogP contribution < -0.4 is 0 Å². The highest BCUT2D eigenvalue weighted by molar-refractivity contribution is 5.27. The summed E-state index contributed by atoms with van der Waals surface area (Å²) in [6.07, 6.45) is 13.6. The first-order chi connectivity index (χ1) is 8.24. The van der Waals surface area contributed by atoms with Crippen LogP contribution in [-0.2, 0) is 0 Å². The minimum Gasteiger partial charge on any atom is -0.119 e. The summed E-state index contributed by atoms with van der Waals surface area (Å²) in [5, 5.41) is 0. The fourth-order valence-electron chi connectivity index (χ4n) is 7.70. The minimum absolute atomic E-state index is 0.364. The van der Waals surface area contributed by atoms with E-state index < -0.39 is 0 Å². The smallest absolute Gasteiger partial charge is 0.0379 e. The van der Waals surface area contributed by atoms with E-state index in [1.165, 1.54) is 12.8 Å². The summed E-state index contributed by atoms with van der Waals surface area (Å²) in [6, 6.07) is 0. The first kappa shape index (κ1) is 9.48. The van der Waals surface area contributed by atoms with Crippen LogP contribution in [0.5, 0.6) is 0 Å². The van der Waals surface area contributed by atoms with Crippen LogP contribution in [0.15, 0.2) is 0 Å². The first-order valence-electron chi connectivity index (χ1n) is 7.72. The second kappa shape index (κ2) is 2.61. The van der Waals surface area contributed by atoms with Crippen molar-refractivity contribution in [3.63, 3.8) is 0 Å². The highest BCUT2D eigenvalue weighted by Gasteiger charge is 2.71. The van der Waals surface area contributed by atoms with Gasteiger partial charge in [-0.25, -0.2) is 0 Å². The number of terminal acetylenes is 1. The van der Waals surface area contributed by atoms with E-state index in [4.69, 9.17) is 6.42 Å². The molecule has 0 amide bonds. The van der Waals surface area contributed by atoms with Gasteiger partial charge in [0.05, 0.1) is 0 Å². The van der Waals surface area contributed by atoms with Crippen molar-refractivity contribution < 1.29 is 0 Å².